The third kappa shape index (κ3) is 3.60. The summed E-state index contributed by atoms with van der Waals surface area (Å²) < 4.78 is 23.7. The number of nitrogens with zero attached hydrogens (tertiary/aromatic N) is 2. The Labute approximate surface area is 142 Å². The summed E-state index contributed by atoms with van der Waals surface area (Å²) in [7, 11) is 0. The van der Waals surface area contributed by atoms with Crippen molar-refractivity contribution in [3.8, 4) is 11.5 Å². The van der Waals surface area contributed by atoms with Crippen molar-refractivity contribution in [1.82, 2.24) is 10.2 Å². The van der Waals surface area contributed by atoms with E-state index in [0.29, 0.717) is 16.1 Å². The molecular formula is C17H12ClFN2O3. The standard InChI is InChI=1S/C17H12ClFN2O3/c1-10(23-17(22)12-2-6-13(18)7-3-12)15-20-21-16(24-15)11-4-8-14(19)9-5-11/h2-10H,1H3/t10-/m1/s1. The van der Waals surface area contributed by atoms with E-state index in [-0.39, 0.29) is 17.6 Å². The zero-order valence-corrected chi connectivity index (χ0v) is 13.3. The molecule has 0 amide bonds. The summed E-state index contributed by atoms with van der Waals surface area (Å²) in [6.07, 6.45) is -0.727. The van der Waals surface area contributed by atoms with Gasteiger partial charge in [-0.1, -0.05) is 11.6 Å². The fourth-order valence-electron chi connectivity index (χ4n) is 1.97. The predicted octanol–water partition coefficient (Wildman–Crippen LogP) is 4.45. The Morgan fingerprint density at radius 3 is 2.46 bits per heavy atom. The van der Waals surface area contributed by atoms with Gasteiger partial charge in [-0.25, -0.2) is 9.18 Å². The van der Waals surface area contributed by atoms with Gasteiger partial charge in [0.05, 0.1) is 5.56 Å². The SMILES string of the molecule is C[C@@H](OC(=O)c1ccc(Cl)cc1)c1nnc(-c2ccc(F)cc2)o1. The average molecular weight is 347 g/mol. The molecule has 122 valence electrons. The number of aromatic nitrogens is 2. The summed E-state index contributed by atoms with van der Waals surface area (Å²) in [5.41, 5.74) is 0.941. The van der Waals surface area contributed by atoms with Crippen LogP contribution in [0.1, 0.15) is 29.3 Å². The van der Waals surface area contributed by atoms with Crippen LogP contribution in [0.5, 0.6) is 0 Å². The molecule has 0 aliphatic heterocycles. The van der Waals surface area contributed by atoms with Crippen molar-refractivity contribution in [1.29, 1.82) is 0 Å². The van der Waals surface area contributed by atoms with Crippen molar-refractivity contribution in [2.24, 2.45) is 0 Å². The number of ether oxygens (including phenoxy) is 1. The molecule has 0 spiro atoms. The molecule has 0 saturated heterocycles. The lowest BCUT2D eigenvalue weighted by molar-refractivity contribution is 0.0280. The fourth-order valence-corrected chi connectivity index (χ4v) is 2.10. The van der Waals surface area contributed by atoms with E-state index >= 15 is 0 Å². The van der Waals surface area contributed by atoms with Gasteiger partial charge in [0.1, 0.15) is 5.82 Å². The molecule has 0 bridgehead atoms. The van der Waals surface area contributed by atoms with Gasteiger partial charge in [0.2, 0.25) is 5.89 Å². The minimum atomic E-state index is -0.727. The zero-order chi connectivity index (χ0) is 17.1. The lowest BCUT2D eigenvalue weighted by Gasteiger charge is -2.09. The Hall–Kier alpha value is -2.73. The Balaban J connectivity index is 1.71. The fraction of sp³-hybridized carbons (Fsp3) is 0.118. The molecular weight excluding hydrogens is 335 g/mol. The molecule has 0 fully saturated rings. The van der Waals surface area contributed by atoms with Gasteiger partial charge in [-0.3, -0.25) is 0 Å². The van der Waals surface area contributed by atoms with Crippen LogP contribution in [0.4, 0.5) is 4.39 Å². The van der Waals surface area contributed by atoms with Gasteiger partial charge in [-0.15, -0.1) is 10.2 Å². The number of esters is 1. The molecule has 0 N–H and O–H groups in total. The molecule has 1 heterocycles. The number of benzene rings is 2. The Morgan fingerprint density at radius 2 is 1.79 bits per heavy atom. The molecule has 24 heavy (non-hydrogen) atoms. The van der Waals surface area contributed by atoms with Crippen LogP contribution in [0, 0.1) is 5.82 Å². The first-order valence-corrected chi connectivity index (χ1v) is 7.46. The smallest absolute Gasteiger partial charge is 0.338 e. The molecule has 0 radical (unpaired) electrons. The molecule has 3 rings (SSSR count). The summed E-state index contributed by atoms with van der Waals surface area (Å²) in [4.78, 5) is 12.1. The number of carbonyl (C=O) groups excluding carboxylic acids is 1. The van der Waals surface area contributed by atoms with Crippen molar-refractivity contribution >= 4 is 17.6 Å². The van der Waals surface area contributed by atoms with Gasteiger partial charge in [-0.05, 0) is 55.5 Å². The highest BCUT2D eigenvalue weighted by molar-refractivity contribution is 6.30. The molecule has 2 aromatic carbocycles. The Morgan fingerprint density at radius 1 is 1.12 bits per heavy atom. The molecule has 0 aliphatic rings. The van der Waals surface area contributed by atoms with Crippen molar-refractivity contribution in [3.05, 3.63) is 70.8 Å². The summed E-state index contributed by atoms with van der Waals surface area (Å²) in [6.45, 7) is 1.62. The minimum absolute atomic E-state index is 0.150. The molecule has 1 atom stereocenters. The zero-order valence-electron chi connectivity index (χ0n) is 12.6. The number of rotatable bonds is 4. The number of hydrogen-bond acceptors (Lipinski definition) is 5. The molecule has 5 nitrogen and oxygen atoms in total. The van der Waals surface area contributed by atoms with Crippen LogP contribution in [0.3, 0.4) is 0 Å². The summed E-state index contributed by atoms with van der Waals surface area (Å²) in [5.74, 6) is -0.513. The Bertz CT molecular complexity index is 847. The normalized spacial score (nSPS) is 12.0. The van der Waals surface area contributed by atoms with E-state index in [2.05, 4.69) is 10.2 Å². The van der Waals surface area contributed by atoms with E-state index in [1.54, 1.807) is 31.2 Å². The summed E-state index contributed by atoms with van der Waals surface area (Å²) >= 11 is 5.78. The van der Waals surface area contributed by atoms with Crippen LogP contribution in [0.25, 0.3) is 11.5 Å². The third-order valence-corrected chi connectivity index (χ3v) is 3.50. The van der Waals surface area contributed by atoms with E-state index < -0.39 is 12.1 Å². The monoisotopic (exact) mass is 346 g/mol. The lowest BCUT2D eigenvalue weighted by Crippen LogP contribution is -2.09. The topological polar surface area (TPSA) is 65.2 Å². The number of carbonyl (C=O) groups is 1. The van der Waals surface area contributed by atoms with Crippen molar-refractivity contribution in [3.63, 3.8) is 0 Å². The second kappa shape index (κ2) is 6.80. The second-order valence-electron chi connectivity index (χ2n) is 5.01. The first-order valence-electron chi connectivity index (χ1n) is 7.09. The van der Waals surface area contributed by atoms with Crippen LogP contribution in [-0.2, 0) is 4.74 Å². The van der Waals surface area contributed by atoms with Crippen LogP contribution < -0.4 is 0 Å². The second-order valence-corrected chi connectivity index (χ2v) is 5.44. The molecule has 3 aromatic rings. The average Bonchev–Trinajstić information content (AvgIpc) is 3.06. The quantitative estimate of drug-likeness (QED) is 0.653. The maximum Gasteiger partial charge on any atom is 0.338 e. The van der Waals surface area contributed by atoms with E-state index in [1.807, 2.05) is 0 Å². The van der Waals surface area contributed by atoms with Gasteiger partial charge in [0.25, 0.3) is 5.89 Å². The van der Waals surface area contributed by atoms with E-state index in [0.717, 1.165) is 0 Å². The third-order valence-electron chi connectivity index (χ3n) is 3.24. The number of halogens is 2. The molecule has 0 unspecified atom stereocenters. The maximum absolute atomic E-state index is 12.9. The molecule has 0 saturated carbocycles. The first-order chi connectivity index (χ1) is 11.5. The van der Waals surface area contributed by atoms with Gasteiger partial charge >= 0.3 is 5.97 Å². The lowest BCUT2D eigenvalue weighted by atomic mass is 10.2. The van der Waals surface area contributed by atoms with Crippen molar-refractivity contribution in [2.45, 2.75) is 13.0 Å². The van der Waals surface area contributed by atoms with Crippen LogP contribution in [0.2, 0.25) is 5.02 Å². The predicted molar refractivity (Wildman–Crippen MR) is 85.0 cm³/mol. The highest BCUT2D eigenvalue weighted by Gasteiger charge is 2.20. The Kier molecular flexibility index (Phi) is 4.57. The van der Waals surface area contributed by atoms with Crippen LogP contribution in [0.15, 0.2) is 52.9 Å². The largest absolute Gasteiger partial charge is 0.449 e. The van der Waals surface area contributed by atoms with Gasteiger partial charge in [0.15, 0.2) is 6.10 Å². The highest BCUT2D eigenvalue weighted by atomic mass is 35.5. The van der Waals surface area contributed by atoms with E-state index in [1.165, 1.54) is 24.3 Å². The van der Waals surface area contributed by atoms with Gasteiger partial charge < -0.3 is 9.15 Å². The highest BCUT2D eigenvalue weighted by Crippen LogP contribution is 2.23. The molecule has 7 heteroatoms. The van der Waals surface area contributed by atoms with E-state index in [4.69, 9.17) is 20.8 Å². The molecule has 0 aliphatic carbocycles. The minimum Gasteiger partial charge on any atom is -0.449 e. The summed E-state index contributed by atoms with van der Waals surface area (Å²) in [5, 5.41) is 8.28. The van der Waals surface area contributed by atoms with Crippen LogP contribution in [-0.4, -0.2) is 16.2 Å². The summed E-state index contributed by atoms with van der Waals surface area (Å²) in [6, 6.07) is 12.0. The first kappa shape index (κ1) is 16.1. The van der Waals surface area contributed by atoms with Crippen molar-refractivity contribution < 1.29 is 18.3 Å². The van der Waals surface area contributed by atoms with E-state index in [9.17, 15) is 9.18 Å². The number of hydrogen-bond donors (Lipinski definition) is 0. The van der Waals surface area contributed by atoms with Crippen LogP contribution >= 0.6 is 11.6 Å². The van der Waals surface area contributed by atoms with Gasteiger partial charge in [-0.2, -0.15) is 0 Å². The molecule has 1 aromatic heterocycles. The van der Waals surface area contributed by atoms with Crippen molar-refractivity contribution in [2.75, 3.05) is 0 Å². The van der Waals surface area contributed by atoms with Gasteiger partial charge in [0, 0.05) is 10.6 Å². The maximum atomic E-state index is 12.9.